The van der Waals surface area contributed by atoms with E-state index in [9.17, 15) is 24.5 Å². The van der Waals surface area contributed by atoms with Gasteiger partial charge in [0.05, 0.1) is 24.8 Å². The lowest BCUT2D eigenvalue weighted by Crippen LogP contribution is -2.70. The number of allylic oxidation sites excluding steroid dienone is 1. The fraction of sp³-hybridized carbons (Fsp3) is 0.625. The van der Waals surface area contributed by atoms with Gasteiger partial charge in [-0.25, -0.2) is 9.18 Å². The molecule has 0 saturated heterocycles. The van der Waals surface area contributed by atoms with Crippen molar-refractivity contribution in [1.29, 1.82) is 0 Å². The van der Waals surface area contributed by atoms with E-state index in [2.05, 4.69) is 24.7 Å². The van der Waals surface area contributed by atoms with Crippen molar-refractivity contribution >= 4 is 11.8 Å². The molecule has 6 atom stereocenters. The number of phenolic OH excluding ortho intramolecular Hbond substituents is 1. The smallest absolute Gasteiger partial charge is 0.410 e. The molecule has 1 aliphatic heterocycles. The van der Waals surface area contributed by atoms with E-state index in [1.807, 2.05) is 0 Å². The Hall–Kier alpha value is -3.93. The Kier molecular flexibility index (Phi) is 18.6. The van der Waals surface area contributed by atoms with E-state index in [-0.39, 0.29) is 68.7 Å². The first-order valence-electron chi connectivity index (χ1n) is 22.3. The summed E-state index contributed by atoms with van der Waals surface area (Å²) in [6.45, 7) is 6.86. The molecule has 3 aliphatic rings. The Morgan fingerprint density at radius 3 is 2.29 bits per heavy atom. The van der Waals surface area contributed by atoms with Gasteiger partial charge in [-0.15, -0.1) is 6.58 Å². The number of rotatable bonds is 26. The number of aliphatic hydroxyl groups is 2. The third kappa shape index (κ3) is 11.9. The standard InChI is InChI=1S/C48H69FN2O8/c1-4-6-7-8-9-10-11-12-13-18-30-57-47(55)51(34-35-21-23-37(49)24-22-35)44-33-42(50-56-3)40-31-36(19-14-16-27-52)39(20-15-17-28-53)45-41-32-38(54)25-26-43(41)59-48(44,46(40)45)58-29-5-2/h5,21-26,31-32,36,39,44-46,52-54H,2,4,6-20,27-30,33-34H2,1,3H3/t36-,39+,44-,45+,46+,48+/m0/s1. The van der Waals surface area contributed by atoms with E-state index in [0.717, 1.165) is 56.1 Å². The van der Waals surface area contributed by atoms with Crippen LogP contribution in [0.3, 0.4) is 0 Å². The highest BCUT2D eigenvalue weighted by Crippen LogP contribution is 2.62. The van der Waals surface area contributed by atoms with Gasteiger partial charge >= 0.3 is 6.09 Å². The number of hydrogen-bond donors (Lipinski definition) is 3. The number of unbranched alkanes of at least 4 members (excludes halogenated alkanes) is 11. The number of carbonyl (C=O) groups is 1. The Labute approximate surface area is 351 Å². The number of phenols is 1. The van der Waals surface area contributed by atoms with E-state index in [1.54, 1.807) is 41.3 Å². The molecule has 5 rings (SSSR count). The van der Waals surface area contributed by atoms with Crippen molar-refractivity contribution in [2.75, 3.05) is 33.5 Å². The van der Waals surface area contributed by atoms with Crippen molar-refractivity contribution < 1.29 is 43.6 Å². The molecule has 3 N–H and O–H groups in total. The number of fused-ring (bicyclic) bond motifs is 2. The van der Waals surface area contributed by atoms with E-state index in [1.165, 1.54) is 64.2 Å². The maximum Gasteiger partial charge on any atom is 0.410 e. The first kappa shape index (κ1) is 46.1. The second-order valence-electron chi connectivity index (χ2n) is 16.5. The average Bonchev–Trinajstić information content (AvgIpc) is 3.23. The lowest BCUT2D eigenvalue weighted by Gasteiger charge is -2.59. The van der Waals surface area contributed by atoms with E-state index < -0.39 is 23.8 Å². The predicted molar refractivity (Wildman–Crippen MR) is 229 cm³/mol. The molecule has 1 fully saturated rings. The fourth-order valence-electron chi connectivity index (χ4n) is 9.69. The van der Waals surface area contributed by atoms with Crippen molar-refractivity contribution in [2.24, 2.45) is 22.9 Å². The highest BCUT2D eigenvalue weighted by Gasteiger charge is 2.65. The van der Waals surface area contributed by atoms with Crippen molar-refractivity contribution in [2.45, 2.75) is 140 Å². The molecule has 1 amide bonds. The second kappa shape index (κ2) is 23.8. The predicted octanol–water partition coefficient (Wildman–Crippen LogP) is 10.4. The zero-order chi connectivity index (χ0) is 42.0. The van der Waals surface area contributed by atoms with E-state index in [0.29, 0.717) is 29.9 Å². The molecule has 1 heterocycles. The molecule has 0 aromatic heterocycles. The molecule has 1 saturated carbocycles. The number of nitrogens with zero attached hydrogens (tertiary/aromatic N) is 2. The minimum absolute atomic E-state index is 0.0292. The van der Waals surface area contributed by atoms with Gasteiger partial charge in [0.25, 0.3) is 0 Å². The van der Waals surface area contributed by atoms with Gasteiger partial charge in [0.15, 0.2) is 0 Å². The number of hydrogen-bond acceptors (Lipinski definition) is 9. The van der Waals surface area contributed by atoms with Crippen LogP contribution in [0.4, 0.5) is 9.18 Å². The van der Waals surface area contributed by atoms with Crippen molar-refractivity contribution in [3.05, 3.63) is 83.7 Å². The van der Waals surface area contributed by atoms with Crippen LogP contribution in [0.2, 0.25) is 0 Å². The van der Waals surface area contributed by atoms with Gasteiger partial charge in [-0.1, -0.05) is 107 Å². The summed E-state index contributed by atoms with van der Waals surface area (Å²) in [6.07, 6.45) is 19.7. The van der Waals surface area contributed by atoms with Gasteiger partial charge in [-0.2, -0.15) is 0 Å². The monoisotopic (exact) mass is 821 g/mol. The number of ether oxygens (including phenoxy) is 3. The second-order valence-corrected chi connectivity index (χ2v) is 16.5. The van der Waals surface area contributed by atoms with Crippen LogP contribution in [-0.4, -0.2) is 77.4 Å². The largest absolute Gasteiger partial charge is 0.508 e. The van der Waals surface area contributed by atoms with Crippen molar-refractivity contribution in [1.82, 2.24) is 4.90 Å². The molecule has 2 aromatic rings. The van der Waals surface area contributed by atoms with Gasteiger partial charge in [0.1, 0.15) is 30.5 Å². The maximum absolute atomic E-state index is 14.6. The van der Waals surface area contributed by atoms with E-state index in [4.69, 9.17) is 19.0 Å². The molecular formula is C48H69FN2O8. The number of oxime groups is 1. The number of benzene rings is 2. The zero-order valence-electron chi connectivity index (χ0n) is 35.5. The minimum Gasteiger partial charge on any atom is -0.508 e. The van der Waals surface area contributed by atoms with Crippen LogP contribution in [-0.2, 0) is 20.9 Å². The van der Waals surface area contributed by atoms with Crippen LogP contribution in [0.25, 0.3) is 0 Å². The summed E-state index contributed by atoms with van der Waals surface area (Å²) in [5.41, 5.74) is 3.11. The third-order valence-corrected chi connectivity index (χ3v) is 12.5. The Morgan fingerprint density at radius 1 is 0.949 bits per heavy atom. The number of aromatic hydroxyl groups is 1. The zero-order valence-corrected chi connectivity index (χ0v) is 35.5. The number of aliphatic hydroxyl groups excluding tert-OH is 2. The first-order valence-corrected chi connectivity index (χ1v) is 22.3. The van der Waals surface area contributed by atoms with Crippen LogP contribution in [0.15, 0.2) is 71.9 Å². The summed E-state index contributed by atoms with van der Waals surface area (Å²) in [7, 11) is 1.51. The normalized spacial score (nSPS) is 23.8. The Bertz CT molecular complexity index is 1670. The SMILES string of the molecule is C=CCO[C@@]12Oc3ccc(O)cc3[C@H]3[C@H](CCCCO)[C@@H](CCCCO)C=C(C(=NOC)C[C@@H]1N(Cc1ccc(F)cc1)C(=O)OCCCCCCCCCCCC)[C@H]32. The lowest BCUT2D eigenvalue weighted by molar-refractivity contribution is -0.256. The molecule has 2 aliphatic carbocycles. The van der Waals surface area contributed by atoms with Gasteiger partial charge in [-0.3, -0.25) is 4.90 Å². The summed E-state index contributed by atoms with van der Waals surface area (Å²) in [4.78, 5) is 21.8. The number of halogens is 1. The molecule has 0 spiro atoms. The van der Waals surface area contributed by atoms with Crippen LogP contribution in [0, 0.1) is 23.6 Å². The summed E-state index contributed by atoms with van der Waals surface area (Å²) < 4.78 is 34.5. The number of amides is 1. The minimum atomic E-state index is -1.47. The molecule has 0 unspecified atom stereocenters. The van der Waals surface area contributed by atoms with Crippen LogP contribution >= 0.6 is 0 Å². The van der Waals surface area contributed by atoms with Crippen LogP contribution in [0.5, 0.6) is 11.5 Å². The molecule has 2 aromatic carbocycles. The molecule has 59 heavy (non-hydrogen) atoms. The van der Waals surface area contributed by atoms with Crippen molar-refractivity contribution in [3.63, 3.8) is 0 Å². The first-order chi connectivity index (χ1) is 28.8. The van der Waals surface area contributed by atoms with Crippen molar-refractivity contribution in [3.8, 4) is 11.5 Å². The Balaban J connectivity index is 1.56. The van der Waals surface area contributed by atoms with Crippen LogP contribution in [0.1, 0.15) is 133 Å². The van der Waals surface area contributed by atoms with E-state index >= 15 is 0 Å². The maximum atomic E-state index is 14.6. The Morgan fingerprint density at radius 2 is 1.63 bits per heavy atom. The molecule has 0 radical (unpaired) electrons. The van der Waals surface area contributed by atoms with Gasteiger partial charge < -0.3 is 34.4 Å². The summed E-state index contributed by atoms with van der Waals surface area (Å²) >= 11 is 0. The quantitative estimate of drug-likeness (QED) is 0.0486. The molecule has 10 nitrogen and oxygen atoms in total. The van der Waals surface area contributed by atoms with Gasteiger partial charge in [0, 0.05) is 37.7 Å². The summed E-state index contributed by atoms with van der Waals surface area (Å²) in [5, 5.41) is 35.1. The molecule has 11 heteroatoms. The lowest BCUT2D eigenvalue weighted by atomic mass is 9.55. The highest BCUT2D eigenvalue weighted by atomic mass is 19.1. The number of carbonyl (C=O) groups excluding carboxylic acids is 1. The topological polar surface area (TPSA) is 130 Å². The summed E-state index contributed by atoms with van der Waals surface area (Å²) in [6, 6.07) is 10.5. The molecule has 326 valence electrons. The van der Waals surface area contributed by atoms with Gasteiger partial charge in [-0.05, 0) is 85.4 Å². The van der Waals surface area contributed by atoms with Crippen LogP contribution < -0.4 is 4.74 Å². The molecular weight excluding hydrogens is 752 g/mol. The van der Waals surface area contributed by atoms with Gasteiger partial charge in [0.2, 0.25) is 5.79 Å². The fourth-order valence-corrected chi connectivity index (χ4v) is 9.69. The third-order valence-electron chi connectivity index (χ3n) is 12.5. The average molecular weight is 821 g/mol. The molecule has 0 bridgehead atoms. The summed E-state index contributed by atoms with van der Waals surface area (Å²) in [5.74, 6) is -1.85. The highest BCUT2D eigenvalue weighted by molar-refractivity contribution is 6.02.